The molecule has 4 nitrogen and oxygen atoms in total. The van der Waals surface area contributed by atoms with E-state index in [0.717, 1.165) is 6.47 Å². The molecule has 0 spiro atoms. The summed E-state index contributed by atoms with van der Waals surface area (Å²) in [6.07, 6.45) is -1.20. The van der Waals surface area contributed by atoms with Gasteiger partial charge >= 0.3 is 51.4 Å². The van der Waals surface area contributed by atoms with E-state index in [-0.39, 0.29) is 51.4 Å². The third-order valence-corrected chi connectivity index (χ3v) is 0.557. The van der Waals surface area contributed by atoms with E-state index in [4.69, 9.17) is 0 Å². The Labute approximate surface area is 95.0 Å². The third kappa shape index (κ3) is 6.46. The van der Waals surface area contributed by atoms with Crippen LogP contribution >= 0.6 is 0 Å². The molecule has 9 heavy (non-hydrogen) atoms. The van der Waals surface area contributed by atoms with Crippen LogP contribution in [-0.2, 0) is 14.3 Å². The first-order valence-electron chi connectivity index (χ1n) is 1.92. The Bertz CT molecular complexity index is 103. The van der Waals surface area contributed by atoms with Crippen LogP contribution in [0.25, 0.3) is 0 Å². The molecule has 0 aromatic heterocycles. The molecule has 0 saturated heterocycles. The second kappa shape index (κ2) is 6.69. The first-order valence-corrected chi connectivity index (χ1v) is 1.92. The van der Waals surface area contributed by atoms with E-state index in [1.807, 2.05) is 0 Å². The number of hydrogen-bond acceptors (Lipinski definition) is 4. The van der Waals surface area contributed by atoms with Gasteiger partial charge in [-0.1, -0.05) is 6.47 Å². The fraction of sp³-hybridized carbons (Fsp3) is 0.500. The Balaban J connectivity index is 0. The van der Waals surface area contributed by atoms with Gasteiger partial charge in [-0.3, -0.25) is 0 Å². The zero-order valence-electron chi connectivity index (χ0n) is 5.21. The molecule has 0 rings (SSSR count). The van der Waals surface area contributed by atoms with Gasteiger partial charge in [-0.05, 0) is 6.92 Å². The molecule has 1 atom stereocenters. The van der Waals surface area contributed by atoms with Crippen LogP contribution in [0.1, 0.15) is 6.92 Å². The van der Waals surface area contributed by atoms with E-state index in [2.05, 4.69) is 4.74 Å². The number of carbonyl (C=O) groups excluding carboxylic acids is 2. The van der Waals surface area contributed by atoms with Crippen molar-refractivity contribution in [3.63, 3.8) is 0 Å². The van der Waals surface area contributed by atoms with Crippen molar-refractivity contribution in [3.05, 3.63) is 0 Å². The van der Waals surface area contributed by atoms with Crippen molar-refractivity contribution in [3.8, 4) is 0 Å². The molecule has 46 valence electrons. The minimum absolute atomic E-state index is 0. The molecule has 0 aliphatic heterocycles. The zero-order chi connectivity index (χ0) is 6.57. The summed E-state index contributed by atoms with van der Waals surface area (Å²) < 4.78 is 3.84. The van der Waals surface area contributed by atoms with Crippen molar-refractivity contribution >= 4 is 12.4 Å². The average Bonchev–Trinajstić information content (AvgIpc) is 1.67. The molecule has 0 amide bonds. The smallest absolute Gasteiger partial charge is 0.647 e. The van der Waals surface area contributed by atoms with Gasteiger partial charge in [-0.15, -0.1) is 0 Å². The van der Waals surface area contributed by atoms with Crippen molar-refractivity contribution in [1.82, 2.24) is 0 Å². The van der Waals surface area contributed by atoms with Gasteiger partial charge in [0.2, 0.25) is 0 Å². The molecule has 0 radical (unpaired) electrons. The van der Waals surface area contributed by atoms with Crippen LogP contribution < -0.4 is 56.5 Å². The number of rotatable bonds is 3. The van der Waals surface area contributed by atoms with Crippen molar-refractivity contribution in [1.29, 1.82) is 0 Å². The predicted octanol–water partition coefficient (Wildman–Crippen LogP) is -4.79. The first kappa shape index (κ1) is 12.3. The predicted molar refractivity (Wildman–Crippen MR) is 21.2 cm³/mol. The number of aliphatic carboxylic acids is 1. The van der Waals surface area contributed by atoms with Crippen LogP contribution in [0.4, 0.5) is 0 Å². The summed E-state index contributed by atoms with van der Waals surface area (Å²) in [6.45, 7) is 2.16. The summed E-state index contributed by atoms with van der Waals surface area (Å²) in [4.78, 5) is 19.0. The molecule has 0 fully saturated rings. The maximum Gasteiger partial charge on any atom is 1.00 e. The Hall–Kier alpha value is 0.576. The van der Waals surface area contributed by atoms with E-state index in [9.17, 15) is 14.7 Å². The average molecular weight is 155 g/mol. The number of ether oxygens (including phenoxy) is 1. The molecule has 1 unspecified atom stereocenters. The van der Waals surface area contributed by atoms with Gasteiger partial charge in [0.25, 0.3) is 0 Å². The molecule has 0 aromatic rings. The van der Waals surface area contributed by atoms with Gasteiger partial charge in [0.1, 0.15) is 0 Å². The number of carbonyl (C=O) groups is 1. The van der Waals surface area contributed by atoms with Crippen molar-refractivity contribution in [2.75, 3.05) is 0 Å². The van der Waals surface area contributed by atoms with Crippen LogP contribution in [-0.4, -0.2) is 18.5 Å². The summed E-state index contributed by atoms with van der Waals surface area (Å²) in [7, 11) is 0. The monoisotopic (exact) mass is 155 g/mol. The summed E-state index contributed by atoms with van der Waals surface area (Å²) in [5.41, 5.74) is 0. The van der Waals surface area contributed by atoms with E-state index in [0.29, 0.717) is 0 Å². The van der Waals surface area contributed by atoms with E-state index in [1.165, 1.54) is 6.92 Å². The fourth-order valence-corrected chi connectivity index (χ4v) is 0.120. The van der Waals surface area contributed by atoms with Crippen molar-refractivity contribution < 1.29 is 70.8 Å². The molecule has 0 N–H and O–H groups in total. The van der Waals surface area contributed by atoms with Crippen LogP contribution in [0, 0.1) is 0 Å². The topological polar surface area (TPSA) is 66.4 Å². The van der Waals surface area contributed by atoms with Crippen LogP contribution in [0.15, 0.2) is 0 Å². The standard InChI is InChI=1S/C4H5O4.K/c1-3(4(6)7)8-2-5;/h3H,1H3,(H,6,7);/q-1;+1/p-1. The largest absolute Gasteiger partial charge is 1.00 e. The molecule has 5 heteroatoms. The van der Waals surface area contributed by atoms with E-state index >= 15 is 0 Å². The molecular formula is C4H4KO4-. The maximum atomic E-state index is 9.67. The van der Waals surface area contributed by atoms with E-state index in [1.54, 1.807) is 0 Å². The fourth-order valence-electron chi connectivity index (χ4n) is 0.120. The van der Waals surface area contributed by atoms with Gasteiger partial charge in [0, 0.05) is 0 Å². The van der Waals surface area contributed by atoms with Gasteiger partial charge in [0.05, 0.1) is 12.1 Å². The Kier molecular flexibility index (Phi) is 9.13. The Morgan fingerprint density at radius 3 is 2.33 bits per heavy atom. The summed E-state index contributed by atoms with van der Waals surface area (Å²) in [5, 5.41) is 9.67. The van der Waals surface area contributed by atoms with E-state index < -0.39 is 12.1 Å². The summed E-state index contributed by atoms with van der Waals surface area (Å²) in [6, 6.07) is 0. The minimum Gasteiger partial charge on any atom is -0.647 e. The van der Waals surface area contributed by atoms with Gasteiger partial charge < -0.3 is 19.4 Å². The second-order valence-electron chi connectivity index (χ2n) is 1.16. The number of carboxylic acids is 1. The van der Waals surface area contributed by atoms with Crippen LogP contribution in [0.5, 0.6) is 0 Å². The zero-order valence-corrected chi connectivity index (χ0v) is 8.33. The molecular weight excluding hydrogens is 151 g/mol. The number of hydrogen-bond donors (Lipinski definition) is 0. The first-order chi connectivity index (χ1) is 3.68. The summed E-state index contributed by atoms with van der Waals surface area (Å²) in [5.74, 6) is -1.42. The maximum absolute atomic E-state index is 9.67. The SMILES string of the molecule is CC(O[C-]=O)C(=O)[O-].[K+]. The normalized spacial score (nSPS) is 10.8. The molecule has 0 aliphatic carbocycles. The molecule has 0 heterocycles. The Morgan fingerprint density at radius 2 is 2.22 bits per heavy atom. The van der Waals surface area contributed by atoms with Crippen molar-refractivity contribution in [2.24, 2.45) is 0 Å². The third-order valence-electron chi connectivity index (χ3n) is 0.557. The van der Waals surface area contributed by atoms with Crippen LogP contribution in [0.2, 0.25) is 0 Å². The van der Waals surface area contributed by atoms with Crippen LogP contribution in [0.3, 0.4) is 0 Å². The molecule has 0 aliphatic rings. The van der Waals surface area contributed by atoms with Gasteiger partial charge in [-0.25, -0.2) is 0 Å². The van der Waals surface area contributed by atoms with Gasteiger partial charge in [-0.2, -0.15) is 0 Å². The molecule has 0 aromatic carbocycles. The molecule has 0 saturated carbocycles. The summed E-state index contributed by atoms with van der Waals surface area (Å²) >= 11 is 0. The molecule has 0 bridgehead atoms. The van der Waals surface area contributed by atoms with Crippen molar-refractivity contribution in [2.45, 2.75) is 13.0 Å². The Morgan fingerprint density at radius 1 is 1.78 bits per heavy atom. The second-order valence-corrected chi connectivity index (χ2v) is 1.16. The number of carboxylic acid groups (broad SMARTS) is 1. The minimum atomic E-state index is -1.42. The van der Waals surface area contributed by atoms with Gasteiger partial charge in [0.15, 0.2) is 0 Å². The quantitative estimate of drug-likeness (QED) is 0.303.